The molecule has 214 valence electrons. The maximum Gasteiger partial charge on any atom is 0.291 e. The van der Waals surface area contributed by atoms with Crippen molar-refractivity contribution in [2.45, 2.75) is 78.6 Å². The van der Waals surface area contributed by atoms with Gasteiger partial charge in [-0.05, 0) is 90.2 Å². The van der Waals surface area contributed by atoms with Crippen LogP contribution in [0.3, 0.4) is 0 Å². The van der Waals surface area contributed by atoms with Gasteiger partial charge in [-0.3, -0.25) is 9.59 Å². The van der Waals surface area contributed by atoms with Gasteiger partial charge < -0.3 is 20.0 Å². The van der Waals surface area contributed by atoms with E-state index in [-0.39, 0.29) is 28.4 Å². The number of nitrogens with zero attached hydrogens (tertiary/aromatic N) is 1. The molecule has 1 aromatic heterocycles. The summed E-state index contributed by atoms with van der Waals surface area (Å²) in [5.74, 6) is 0.379. The molecule has 0 spiro atoms. The summed E-state index contributed by atoms with van der Waals surface area (Å²) in [5.41, 5.74) is 6.51. The van der Waals surface area contributed by atoms with Crippen molar-refractivity contribution in [2.75, 3.05) is 31.5 Å². The average molecular weight is 544 g/mol. The van der Waals surface area contributed by atoms with E-state index in [4.69, 9.17) is 4.42 Å². The number of rotatable bonds is 10. The molecule has 6 nitrogen and oxygen atoms in total. The number of nitrogens with one attached hydrogen (secondary N) is 2. The third-order valence-corrected chi connectivity index (χ3v) is 8.59. The zero-order valence-electron chi connectivity index (χ0n) is 25.2. The molecule has 0 fully saturated rings. The minimum absolute atomic E-state index is 0.132. The smallest absolute Gasteiger partial charge is 0.291 e. The van der Waals surface area contributed by atoms with Crippen molar-refractivity contribution in [2.24, 2.45) is 0 Å². The van der Waals surface area contributed by atoms with Crippen LogP contribution in [0.5, 0.6) is 0 Å². The molecule has 3 aromatic rings. The van der Waals surface area contributed by atoms with E-state index in [0.29, 0.717) is 24.2 Å². The van der Waals surface area contributed by atoms with E-state index in [1.807, 2.05) is 6.07 Å². The van der Waals surface area contributed by atoms with Crippen molar-refractivity contribution in [1.82, 2.24) is 10.2 Å². The first-order chi connectivity index (χ1) is 18.9. The van der Waals surface area contributed by atoms with Crippen LogP contribution in [-0.4, -0.2) is 42.9 Å². The van der Waals surface area contributed by atoms with E-state index in [9.17, 15) is 9.59 Å². The Hall–Kier alpha value is -3.38. The van der Waals surface area contributed by atoms with Crippen LogP contribution in [0, 0.1) is 6.92 Å². The number of carbonyl (C=O) groups is 2. The standard InChI is InChI=1S/C34H45N3O3/c1-8-37(9-2)19-18-35-31(38)26-12-10-11-13-29(26)36-32(39)30-15-14-25(40-30)21-24-22-28-27(20-23(24)3)33(4,5)16-17-34(28,6)7/h10-15,20,22H,8-9,16-19,21H2,1-7H3,(H,35,38)(H,36,39). The Morgan fingerprint density at radius 3 is 2.23 bits per heavy atom. The van der Waals surface area contributed by atoms with Crippen LogP contribution in [0.1, 0.15) is 103 Å². The third-order valence-electron chi connectivity index (χ3n) is 8.59. The van der Waals surface area contributed by atoms with Gasteiger partial charge in [-0.25, -0.2) is 0 Å². The van der Waals surface area contributed by atoms with Crippen molar-refractivity contribution in [3.8, 4) is 0 Å². The Labute approximate surface area is 239 Å². The topological polar surface area (TPSA) is 74.6 Å². The lowest BCUT2D eigenvalue weighted by Gasteiger charge is -2.42. The van der Waals surface area contributed by atoms with Gasteiger partial charge in [-0.2, -0.15) is 0 Å². The van der Waals surface area contributed by atoms with Crippen LogP contribution in [0.4, 0.5) is 5.69 Å². The monoisotopic (exact) mass is 543 g/mol. The fourth-order valence-corrected chi connectivity index (χ4v) is 5.68. The number of aryl methyl sites for hydroxylation is 1. The molecule has 1 aliphatic rings. The van der Waals surface area contributed by atoms with E-state index in [0.717, 1.165) is 31.8 Å². The molecular weight excluding hydrogens is 498 g/mol. The Morgan fingerprint density at radius 1 is 0.900 bits per heavy atom. The number of anilines is 1. The van der Waals surface area contributed by atoms with Crippen LogP contribution < -0.4 is 10.6 Å². The third kappa shape index (κ3) is 6.49. The molecule has 0 unspecified atom stereocenters. The maximum absolute atomic E-state index is 13.1. The molecule has 40 heavy (non-hydrogen) atoms. The van der Waals surface area contributed by atoms with Gasteiger partial charge in [0.05, 0.1) is 11.3 Å². The molecule has 2 N–H and O–H groups in total. The second kappa shape index (κ2) is 12.0. The molecule has 1 aliphatic carbocycles. The number of hydrogen-bond acceptors (Lipinski definition) is 4. The van der Waals surface area contributed by atoms with Crippen molar-refractivity contribution in [1.29, 1.82) is 0 Å². The van der Waals surface area contributed by atoms with Crippen LogP contribution >= 0.6 is 0 Å². The SMILES string of the molecule is CCN(CC)CCNC(=O)c1ccccc1NC(=O)c1ccc(Cc2cc3c(cc2C)C(C)(C)CCC3(C)C)o1. The predicted molar refractivity (Wildman–Crippen MR) is 162 cm³/mol. The number of amides is 2. The molecule has 0 saturated heterocycles. The summed E-state index contributed by atoms with van der Waals surface area (Å²) in [4.78, 5) is 28.2. The Kier molecular flexibility index (Phi) is 8.89. The largest absolute Gasteiger partial charge is 0.456 e. The first-order valence-electron chi connectivity index (χ1n) is 14.6. The van der Waals surface area contributed by atoms with Crippen molar-refractivity contribution in [3.63, 3.8) is 0 Å². The van der Waals surface area contributed by atoms with Crippen molar-refractivity contribution < 1.29 is 14.0 Å². The second-order valence-electron chi connectivity index (χ2n) is 12.3. The lowest BCUT2D eigenvalue weighted by Crippen LogP contribution is -2.35. The van der Waals surface area contributed by atoms with Crippen LogP contribution in [0.2, 0.25) is 0 Å². The van der Waals surface area contributed by atoms with Crippen molar-refractivity contribution in [3.05, 3.63) is 87.9 Å². The summed E-state index contributed by atoms with van der Waals surface area (Å²) >= 11 is 0. The van der Waals surface area contributed by atoms with E-state index in [2.05, 4.69) is 76.1 Å². The molecule has 2 aromatic carbocycles. The van der Waals surface area contributed by atoms with Gasteiger partial charge in [-0.15, -0.1) is 0 Å². The van der Waals surface area contributed by atoms with Gasteiger partial charge in [0.25, 0.3) is 11.8 Å². The Bertz CT molecular complexity index is 1360. The minimum atomic E-state index is -0.375. The fourth-order valence-electron chi connectivity index (χ4n) is 5.68. The average Bonchev–Trinajstić information content (AvgIpc) is 3.39. The summed E-state index contributed by atoms with van der Waals surface area (Å²) in [6.07, 6.45) is 2.97. The first kappa shape index (κ1) is 29.6. The lowest BCUT2D eigenvalue weighted by atomic mass is 9.62. The van der Waals surface area contributed by atoms with Crippen molar-refractivity contribution >= 4 is 17.5 Å². The summed E-state index contributed by atoms with van der Waals surface area (Å²) < 4.78 is 6.01. The predicted octanol–water partition coefficient (Wildman–Crippen LogP) is 6.85. The molecule has 0 saturated carbocycles. The lowest BCUT2D eigenvalue weighted by molar-refractivity contribution is 0.0949. The zero-order chi connectivity index (χ0) is 29.1. The molecule has 1 heterocycles. The molecule has 2 amide bonds. The zero-order valence-corrected chi connectivity index (χ0v) is 25.2. The summed E-state index contributed by atoms with van der Waals surface area (Å²) in [7, 11) is 0. The number of benzene rings is 2. The van der Waals surface area contributed by atoms with Crippen LogP contribution in [0.25, 0.3) is 0 Å². The van der Waals surface area contributed by atoms with E-state index >= 15 is 0 Å². The van der Waals surface area contributed by atoms with Crippen LogP contribution in [-0.2, 0) is 17.3 Å². The minimum Gasteiger partial charge on any atom is -0.456 e. The van der Waals surface area contributed by atoms with Gasteiger partial charge in [0, 0.05) is 19.5 Å². The van der Waals surface area contributed by atoms with E-state index < -0.39 is 0 Å². The second-order valence-corrected chi connectivity index (χ2v) is 12.3. The normalized spacial score (nSPS) is 15.5. The molecular formula is C34H45N3O3. The molecule has 0 aliphatic heterocycles. The molecule has 6 heteroatoms. The maximum atomic E-state index is 13.1. The van der Waals surface area contributed by atoms with Crippen LogP contribution in [0.15, 0.2) is 52.9 Å². The van der Waals surface area contributed by atoms with Gasteiger partial charge in [0.2, 0.25) is 0 Å². The molecule has 0 radical (unpaired) electrons. The number of fused-ring (bicyclic) bond motifs is 1. The fraction of sp³-hybridized carbons (Fsp3) is 0.471. The van der Waals surface area contributed by atoms with Gasteiger partial charge >= 0.3 is 0 Å². The number of carbonyl (C=O) groups excluding carboxylic acids is 2. The number of hydrogen-bond donors (Lipinski definition) is 2. The highest BCUT2D eigenvalue weighted by Crippen LogP contribution is 2.46. The highest BCUT2D eigenvalue weighted by Gasteiger charge is 2.37. The summed E-state index contributed by atoms with van der Waals surface area (Å²) in [6, 6.07) is 15.3. The molecule has 4 rings (SSSR count). The number of para-hydroxylation sites is 1. The first-order valence-corrected chi connectivity index (χ1v) is 14.6. The summed E-state index contributed by atoms with van der Waals surface area (Å²) in [6.45, 7) is 18.9. The summed E-state index contributed by atoms with van der Waals surface area (Å²) in [5, 5.41) is 5.84. The Morgan fingerprint density at radius 2 is 1.55 bits per heavy atom. The number of likely N-dealkylation sites (N-methyl/N-ethyl adjacent to an activating group) is 1. The molecule has 0 bridgehead atoms. The van der Waals surface area contributed by atoms with Gasteiger partial charge in [0.1, 0.15) is 5.76 Å². The highest BCUT2D eigenvalue weighted by atomic mass is 16.3. The van der Waals surface area contributed by atoms with E-state index in [1.165, 1.54) is 28.7 Å². The highest BCUT2D eigenvalue weighted by molar-refractivity contribution is 6.07. The quantitative estimate of drug-likeness (QED) is 0.293. The molecule has 0 atom stereocenters. The van der Waals surface area contributed by atoms with Gasteiger partial charge in [0.15, 0.2) is 5.76 Å². The Balaban J connectivity index is 1.46. The van der Waals surface area contributed by atoms with E-state index in [1.54, 1.807) is 30.3 Å². The van der Waals surface area contributed by atoms with Gasteiger partial charge in [-0.1, -0.05) is 65.8 Å². The number of furan rings is 1.